The maximum atomic E-state index is 5.51. The monoisotopic (exact) mass is 252 g/mol. The molecule has 0 unspecified atom stereocenters. The van der Waals surface area contributed by atoms with Crippen LogP contribution in [0.1, 0.15) is 35.4 Å². The molecule has 0 fully saturated rings. The number of rotatable bonds is 3. The lowest BCUT2D eigenvalue weighted by atomic mass is 9.79. The van der Waals surface area contributed by atoms with Gasteiger partial charge in [-0.15, -0.1) is 0 Å². The van der Waals surface area contributed by atoms with Crippen LogP contribution in [0, 0.1) is 0 Å². The maximum Gasteiger partial charge on any atom is 0.122 e. The number of hydrogen-bond donors (Lipinski definition) is 0. The highest BCUT2D eigenvalue weighted by atomic mass is 16.5. The predicted molar refractivity (Wildman–Crippen MR) is 78.8 cm³/mol. The Morgan fingerprint density at radius 2 is 1.89 bits per heavy atom. The van der Waals surface area contributed by atoms with Crippen LogP contribution in [0.15, 0.2) is 48.5 Å². The Labute approximate surface area is 115 Å². The average molecular weight is 252 g/mol. The smallest absolute Gasteiger partial charge is 0.122 e. The van der Waals surface area contributed by atoms with Gasteiger partial charge in [-0.3, -0.25) is 0 Å². The van der Waals surface area contributed by atoms with E-state index in [1.165, 1.54) is 29.5 Å². The lowest BCUT2D eigenvalue weighted by Gasteiger charge is -2.27. The molecule has 19 heavy (non-hydrogen) atoms. The lowest BCUT2D eigenvalue weighted by Crippen LogP contribution is -2.13. The van der Waals surface area contributed by atoms with Gasteiger partial charge in [-0.05, 0) is 54.4 Å². The third-order valence-electron chi connectivity index (χ3n) is 4.13. The highest BCUT2D eigenvalue weighted by Gasteiger charge is 2.22. The molecule has 1 aliphatic rings. The first kappa shape index (κ1) is 12.3. The SMILES string of the molecule is COc1cccc2c1CCC[C@@H]2Cc1ccccc1. The molecule has 2 aromatic rings. The van der Waals surface area contributed by atoms with Crippen LogP contribution in [0.2, 0.25) is 0 Å². The molecule has 0 aliphatic heterocycles. The van der Waals surface area contributed by atoms with E-state index in [9.17, 15) is 0 Å². The van der Waals surface area contributed by atoms with Crippen LogP contribution in [0.5, 0.6) is 5.75 Å². The van der Waals surface area contributed by atoms with E-state index in [-0.39, 0.29) is 0 Å². The molecule has 0 spiro atoms. The summed E-state index contributed by atoms with van der Waals surface area (Å²) in [6, 6.07) is 17.3. The first-order valence-electron chi connectivity index (χ1n) is 7.08. The van der Waals surface area contributed by atoms with Gasteiger partial charge in [-0.2, -0.15) is 0 Å². The van der Waals surface area contributed by atoms with Crippen LogP contribution in [0.4, 0.5) is 0 Å². The first-order chi connectivity index (χ1) is 9.38. The van der Waals surface area contributed by atoms with E-state index in [1.54, 1.807) is 7.11 Å². The molecule has 0 amide bonds. The quantitative estimate of drug-likeness (QED) is 0.788. The molecule has 0 radical (unpaired) electrons. The molecule has 2 aromatic carbocycles. The summed E-state index contributed by atoms with van der Waals surface area (Å²) in [6.45, 7) is 0. The number of methoxy groups -OCH3 is 1. The van der Waals surface area contributed by atoms with E-state index >= 15 is 0 Å². The van der Waals surface area contributed by atoms with E-state index in [2.05, 4.69) is 48.5 Å². The maximum absolute atomic E-state index is 5.51. The number of hydrogen-bond acceptors (Lipinski definition) is 1. The summed E-state index contributed by atoms with van der Waals surface area (Å²) >= 11 is 0. The van der Waals surface area contributed by atoms with Crippen molar-refractivity contribution in [1.82, 2.24) is 0 Å². The largest absolute Gasteiger partial charge is 0.496 e. The van der Waals surface area contributed by atoms with E-state index < -0.39 is 0 Å². The van der Waals surface area contributed by atoms with Gasteiger partial charge in [0.1, 0.15) is 5.75 Å². The topological polar surface area (TPSA) is 9.23 Å². The van der Waals surface area contributed by atoms with Crippen LogP contribution in [0.25, 0.3) is 0 Å². The van der Waals surface area contributed by atoms with Crippen molar-refractivity contribution in [2.24, 2.45) is 0 Å². The average Bonchev–Trinajstić information content (AvgIpc) is 2.48. The van der Waals surface area contributed by atoms with Gasteiger partial charge in [0.05, 0.1) is 7.11 Å². The second-order valence-corrected chi connectivity index (χ2v) is 5.31. The third-order valence-corrected chi connectivity index (χ3v) is 4.13. The summed E-state index contributed by atoms with van der Waals surface area (Å²) in [4.78, 5) is 0. The van der Waals surface area contributed by atoms with Crippen molar-refractivity contribution >= 4 is 0 Å². The molecule has 1 heteroatoms. The van der Waals surface area contributed by atoms with E-state index in [0.29, 0.717) is 5.92 Å². The van der Waals surface area contributed by atoms with Gasteiger partial charge in [0.2, 0.25) is 0 Å². The van der Waals surface area contributed by atoms with Crippen molar-refractivity contribution in [3.05, 3.63) is 65.2 Å². The van der Waals surface area contributed by atoms with Crippen LogP contribution in [-0.2, 0) is 12.8 Å². The minimum absolute atomic E-state index is 0.640. The van der Waals surface area contributed by atoms with Crippen molar-refractivity contribution in [2.75, 3.05) is 7.11 Å². The summed E-state index contributed by atoms with van der Waals surface area (Å²) in [7, 11) is 1.77. The second-order valence-electron chi connectivity index (χ2n) is 5.31. The number of benzene rings is 2. The zero-order valence-electron chi connectivity index (χ0n) is 11.4. The molecule has 0 heterocycles. The Bertz CT molecular complexity index is 545. The van der Waals surface area contributed by atoms with Gasteiger partial charge < -0.3 is 4.74 Å². The molecule has 1 atom stereocenters. The molecular formula is C18H20O. The van der Waals surface area contributed by atoms with Crippen molar-refractivity contribution in [1.29, 1.82) is 0 Å². The second kappa shape index (κ2) is 5.48. The number of ether oxygens (including phenoxy) is 1. The van der Waals surface area contributed by atoms with E-state index in [1.807, 2.05) is 0 Å². The Morgan fingerprint density at radius 3 is 2.68 bits per heavy atom. The minimum Gasteiger partial charge on any atom is -0.496 e. The van der Waals surface area contributed by atoms with Crippen molar-refractivity contribution in [3.63, 3.8) is 0 Å². The van der Waals surface area contributed by atoms with Gasteiger partial charge in [-0.25, -0.2) is 0 Å². The summed E-state index contributed by atoms with van der Waals surface area (Å²) in [5.41, 5.74) is 4.36. The summed E-state index contributed by atoms with van der Waals surface area (Å²) in [5, 5.41) is 0. The van der Waals surface area contributed by atoms with Gasteiger partial charge in [0, 0.05) is 0 Å². The van der Waals surface area contributed by atoms with Crippen molar-refractivity contribution in [3.8, 4) is 5.75 Å². The summed E-state index contributed by atoms with van der Waals surface area (Å²) < 4.78 is 5.51. The Balaban J connectivity index is 1.90. The van der Waals surface area contributed by atoms with Gasteiger partial charge in [-0.1, -0.05) is 42.5 Å². The highest BCUT2D eigenvalue weighted by molar-refractivity contribution is 5.44. The molecule has 0 saturated heterocycles. The molecule has 0 saturated carbocycles. The zero-order chi connectivity index (χ0) is 13.1. The fourth-order valence-electron chi connectivity index (χ4n) is 3.22. The van der Waals surface area contributed by atoms with Gasteiger partial charge in [0.25, 0.3) is 0 Å². The lowest BCUT2D eigenvalue weighted by molar-refractivity contribution is 0.402. The molecule has 3 rings (SSSR count). The fraction of sp³-hybridized carbons (Fsp3) is 0.333. The molecule has 1 nitrogen and oxygen atoms in total. The minimum atomic E-state index is 0.640. The molecule has 0 bridgehead atoms. The van der Waals surface area contributed by atoms with Crippen molar-refractivity contribution < 1.29 is 4.74 Å². The summed E-state index contributed by atoms with van der Waals surface area (Å²) in [6.07, 6.45) is 4.85. The van der Waals surface area contributed by atoms with Gasteiger partial charge >= 0.3 is 0 Å². The molecule has 0 aromatic heterocycles. The van der Waals surface area contributed by atoms with E-state index in [4.69, 9.17) is 4.74 Å². The molecule has 98 valence electrons. The Kier molecular flexibility index (Phi) is 3.54. The normalized spacial score (nSPS) is 17.8. The fourth-order valence-corrected chi connectivity index (χ4v) is 3.22. The van der Waals surface area contributed by atoms with Crippen LogP contribution >= 0.6 is 0 Å². The molecular weight excluding hydrogens is 232 g/mol. The highest BCUT2D eigenvalue weighted by Crippen LogP contribution is 2.38. The zero-order valence-corrected chi connectivity index (χ0v) is 11.4. The summed E-state index contributed by atoms with van der Waals surface area (Å²) in [5.74, 6) is 1.71. The van der Waals surface area contributed by atoms with Crippen molar-refractivity contribution in [2.45, 2.75) is 31.6 Å². The van der Waals surface area contributed by atoms with E-state index in [0.717, 1.165) is 18.6 Å². The third kappa shape index (κ3) is 2.51. The Hall–Kier alpha value is -1.76. The predicted octanol–water partition coefficient (Wildman–Crippen LogP) is 4.36. The van der Waals surface area contributed by atoms with Gasteiger partial charge in [0.15, 0.2) is 0 Å². The van der Waals surface area contributed by atoms with Crippen LogP contribution in [-0.4, -0.2) is 7.11 Å². The molecule has 0 N–H and O–H groups in total. The Morgan fingerprint density at radius 1 is 1.05 bits per heavy atom. The number of fused-ring (bicyclic) bond motifs is 1. The van der Waals surface area contributed by atoms with Crippen LogP contribution in [0.3, 0.4) is 0 Å². The standard InChI is InChI=1S/C18H20O/c1-19-18-12-6-10-16-15(9-5-11-17(16)18)13-14-7-3-2-4-8-14/h2-4,6-8,10,12,15H,5,9,11,13H2,1H3/t15-/m1/s1. The molecule has 1 aliphatic carbocycles. The first-order valence-corrected chi connectivity index (χ1v) is 7.08. The van der Waals surface area contributed by atoms with Crippen LogP contribution < -0.4 is 4.74 Å².